The van der Waals surface area contributed by atoms with E-state index in [0.29, 0.717) is 5.56 Å². The van der Waals surface area contributed by atoms with Crippen LogP contribution in [0.2, 0.25) is 5.02 Å². The van der Waals surface area contributed by atoms with Gasteiger partial charge in [-0.25, -0.2) is 4.39 Å². The number of hydrogen-bond acceptors (Lipinski definition) is 0. The molecule has 1 aromatic carbocycles. The van der Waals surface area contributed by atoms with E-state index in [4.69, 9.17) is 11.6 Å². The van der Waals surface area contributed by atoms with Gasteiger partial charge in [-0.1, -0.05) is 24.0 Å². The zero-order valence-electron chi connectivity index (χ0n) is 8.33. The summed E-state index contributed by atoms with van der Waals surface area (Å²) in [6, 6.07) is 2.35. The van der Waals surface area contributed by atoms with E-state index >= 15 is 0 Å². The van der Waals surface area contributed by atoms with Crippen LogP contribution in [-0.4, -0.2) is 6.98 Å². The summed E-state index contributed by atoms with van der Waals surface area (Å²) in [7, 11) is 0. The fourth-order valence-corrected chi connectivity index (χ4v) is 1.36. The van der Waals surface area contributed by atoms with Crippen LogP contribution >= 0.6 is 11.6 Å². The summed E-state index contributed by atoms with van der Waals surface area (Å²) in [4.78, 5) is 0. The van der Waals surface area contributed by atoms with Crippen molar-refractivity contribution in [2.75, 3.05) is 0 Å². The molecule has 0 heterocycles. The monoisotopic (exact) mass is 264 g/mol. The van der Waals surface area contributed by atoms with E-state index in [1.165, 1.54) is 13.0 Å². The van der Waals surface area contributed by atoms with Gasteiger partial charge < -0.3 is 12.9 Å². The fourth-order valence-electron chi connectivity index (χ4n) is 1.13. The number of aryl methyl sites for hydroxylation is 1. The second-order valence-corrected chi connectivity index (χ2v) is 3.45. The van der Waals surface area contributed by atoms with E-state index < -0.39 is 24.7 Å². The Morgan fingerprint density at radius 2 is 1.80 bits per heavy atom. The van der Waals surface area contributed by atoms with Crippen molar-refractivity contribution in [3.8, 4) is 0 Å². The standard InChI is InChI=1S/C8H7BClF4.K/c1-5-2-3-7(11)6(8(5)10)4-9(12,13)14;/h2-3H,4H2,1H3;/q-1;+1. The Bertz CT molecular complexity index is 353. The third-order valence-electron chi connectivity index (χ3n) is 1.81. The van der Waals surface area contributed by atoms with Gasteiger partial charge in [-0.05, 0) is 24.1 Å². The van der Waals surface area contributed by atoms with Crippen molar-refractivity contribution >= 4 is 18.6 Å². The molecule has 0 spiro atoms. The molecular weight excluding hydrogens is 257 g/mol. The first-order valence-corrected chi connectivity index (χ1v) is 4.33. The quantitative estimate of drug-likeness (QED) is 0.545. The van der Waals surface area contributed by atoms with Crippen LogP contribution in [0.5, 0.6) is 0 Å². The average Bonchev–Trinajstić information content (AvgIpc) is 2.04. The van der Waals surface area contributed by atoms with Gasteiger partial charge in [0.2, 0.25) is 0 Å². The van der Waals surface area contributed by atoms with Gasteiger partial charge in [0.1, 0.15) is 5.82 Å². The molecule has 1 rings (SSSR count). The van der Waals surface area contributed by atoms with Crippen molar-refractivity contribution in [3.63, 3.8) is 0 Å². The van der Waals surface area contributed by atoms with Gasteiger partial charge >= 0.3 is 58.4 Å². The molecule has 0 nitrogen and oxygen atoms in total. The summed E-state index contributed by atoms with van der Waals surface area (Å²) in [5.41, 5.74) is -0.0118. The molecule has 1 aromatic rings. The van der Waals surface area contributed by atoms with E-state index in [1.807, 2.05) is 0 Å². The minimum atomic E-state index is -5.06. The van der Waals surface area contributed by atoms with Gasteiger partial charge in [-0.15, -0.1) is 0 Å². The molecule has 0 aliphatic rings. The first-order chi connectivity index (χ1) is 6.31. The van der Waals surface area contributed by atoms with Gasteiger partial charge in [0.25, 0.3) is 0 Å². The summed E-state index contributed by atoms with van der Waals surface area (Å²) in [5.74, 6) is -0.903. The van der Waals surface area contributed by atoms with Gasteiger partial charge in [0.15, 0.2) is 0 Å². The second-order valence-electron chi connectivity index (χ2n) is 3.07. The molecule has 0 aromatic heterocycles. The molecular formula is C8H7BClF4K. The molecule has 0 aliphatic heterocycles. The maximum atomic E-state index is 13.0. The SMILES string of the molecule is Cc1ccc(F)c(C[B-](F)(F)F)c1Cl.[K+]. The molecule has 0 saturated carbocycles. The summed E-state index contributed by atoms with van der Waals surface area (Å²) in [6.07, 6.45) is -1.27. The Labute approximate surface area is 133 Å². The molecule has 0 aliphatic carbocycles. The molecule has 0 radical (unpaired) electrons. The molecule has 78 valence electrons. The van der Waals surface area contributed by atoms with Gasteiger partial charge in [0.05, 0.1) is 0 Å². The van der Waals surface area contributed by atoms with Crippen molar-refractivity contribution in [2.45, 2.75) is 13.2 Å². The number of hydrogen-bond donors (Lipinski definition) is 0. The van der Waals surface area contributed by atoms with E-state index in [2.05, 4.69) is 0 Å². The predicted molar refractivity (Wildman–Crippen MR) is 48.9 cm³/mol. The van der Waals surface area contributed by atoms with E-state index in [-0.39, 0.29) is 56.4 Å². The van der Waals surface area contributed by atoms with Crippen molar-refractivity contribution < 1.29 is 68.7 Å². The summed E-state index contributed by atoms with van der Waals surface area (Å²) >= 11 is 5.57. The minimum Gasteiger partial charge on any atom is -0.449 e. The molecule has 0 fully saturated rings. The predicted octanol–water partition coefficient (Wildman–Crippen LogP) is 0.721. The van der Waals surface area contributed by atoms with Gasteiger partial charge in [-0.3, -0.25) is 0 Å². The molecule has 0 atom stereocenters. The topological polar surface area (TPSA) is 0 Å². The molecule has 0 N–H and O–H groups in total. The maximum absolute atomic E-state index is 13.0. The molecule has 0 bridgehead atoms. The Kier molecular flexibility index (Phi) is 6.40. The van der Waals surface area contributed by atoms with Crippen LogP contribution in [0.1, 0.15) is 11.1 Å². The van der Waals surface area contributed by atoms with Crippen LogP contribution in [0.25, 0.3) is 0 Å². The smallest absolute Gasteiger partial charge is 0.449 e. The number of halogens is 5. The summed E-state index contributed by atoms with van der Waals surface area (Å²) in [6.45, 7) is -3.52. The average molecular weight is 264 g/mol. The molecule has 7 heteroatoms. The van der Waals surface area contributed by atoms with E-state index in [9.17, 15) is 17.3 Å². The van der Waals surface area contributed by atoms with Crippen LogP contribution in [0.15, 0.2) is 12.1 Å². The van der Waals surface area contributed by atoms with E-state index in [0.717, 1.165) is 6.07 Å². The van der Waals surface area contributed by atoms with Crippen LogP contribution in [0.4, 0.5) is 17.3 Å². The summed E-state index contributed by atoms with van der Waals surface area (Å²) in [5, 5.41) is -0.135. The second kappa shape index (κ2) is 6.02. The maximum Gasteiger partial charge on any atom is 1.00 e. The van der Waals surface area contributed by atoms with Crippen LogP contribution in [0.3, 0.4) is 0 Å². The molecule has 15 heavy (non-hydrogen) atoms. The molecule has 0 unspecified atom stereocenters. The van der Waals surface area contributed by atoms with Crippen molar-refractivity contribution in [1.82, 2.24) is 0 Å². The van der Waals surface area contributed by atoms with Crippen LogP contribution < -0.4 is 51.4 Å². The third kappa shape index (κ3) is 4.75. The van der Waals surface area contributed by atoms with Crippen molar-refractivity contribution in [3.05, 3.63) is 34.1 Å². The van der Waals surface area contributed by atoms with Crippen molar-refractivity contribution in [2.24, 2.45) is 0 Å². The fraction of sp³-hybridized carbons (Fsp3) is 0.250. The normalized spacial score (nSPS) is 11.1. The molecule has 0 saturated heterocycles. The Morgan fingerprint density at radius 1 is 1.27 bits per heavy atom. The van der Waals surface area contributed by atoms with Crippen LogP contribution in [0, 0.1) is 12.7 Å². The van der Waals surface area contributed by atoms with Crippen LogP contribution in [-0.2, 0) is 6.32 Å². The largest absolute Gasteiger partial charge is 1.00 e. The molecule has 0 amide bonds. The Balaban J connectivity index is 0.00000196. The van der Waals surface area contributed by atoms with Gasteiger partial charge in [-0.2, -0.15) is 0 Å². The Morgan fingerprint density at radius 3 is 2.27 bits per heavy atom. The zero-order valence-corrected chi connectivity index (χ0v) is 12.2. The number of benzene rings is 1. The number of rotatable bonds is 2. The van der Waals surface area contributed by atoms with E-state index in [1.54, 1.807) is 0 Å². The zero-order chi connectivity index (χ0) is 10.9. The Hall–Kier alpha value is 0.931. The first kappa shape index (κ1) is 15.9. The van der Waals surface area contributed by atoms with Crippen molar-refractivity contribution in [1.29, 1.82) is 0 Å². The summed E-state index contributed by atoms with van der Waals surface area (Å²) < 4.78 is 49.2. The minimum absolute atomic E-state index is 0. The first-order valence-electron chi connectivity index (χ1n) is 3.96. The third-order valence-corrected chi connectivity index (χ3v) is 2.34. The van der Waals surface area contributed by atoms with Gasteiger partial charge in [0, 0.05) is 5.02 Å².